The summed E-state index contributed by atoms with van der Waals surface area (Å²) in [5, 5.41) is 3.11. The predicted octanol–water partition coefficient (Wildman–Crippen LogP) is 7.86. The summed E-state index contributed by atoms with van der Waals surface area (Å²) in [6.45, 7) is 16.2. The van der Waals surface area contributed by atoms with Crippen LogP contribution in [0.2, 0.25) is 0 Å². The molecule has 1 amide bonds. The van der Waals surface area contributed by atoms with Gasteiger partial charge in [-0.2, -0.15) is 0 Å². The highest BCUT2D eigenvalue weighted by Crippen LogP contribution is 2.44. The number of ether oxygens (including phenoxy) is 2. The fourth-order valence-electron chi connectivity index (χ4n) is 5.32. The molecule has 37 heavy (non-hydrogen) atoms. The fraction of sp³-hybridized carbons (Fsp3) is 0.719. The first kappa shape index (κ1) is 31.2. The van der Waals surface area contributed by atoms with Crippen molar-refractivity contribution in [2.75, 3.05) is 33.3 Å². The maximum absolute atomic E-state index is 13.4. The molecular formula is C32H54N2O3. The zero-order valence-electron chi connectivity index (χ0n) is 24.9. The van der Waals surface area contributed by atoms with Crippen LogP contribution in [0.25, 0.3) is 6.08 Å². The zero-order valence-corrected chi connectivity index (χ0v) is 24.9. The second-order valence-electron chi connectivity index (χ2n) is 10.9. The number of carbonyl (C=O) groups excluding carboxylic acids is 1. The molecule has 1 aliphatic heterocycles. The number of nitrogens with one attached hydrogen (secondary N) is 1. The predicted molar refractivity (Wildman–Crippen MR) is 157 cm³/mol. The zero-order chi connectivity index (χ0) is 27.3. The van der Waals surface area contributed by atoms with Crippen LogP contribution in [-0.4, -0.2) is 49.7 Å². The second-order valence-corrected chi connectivity index (χ2v) is 10.9. The monoisotopic (exact) mass is 514 g/mol. The minimum Gasteiger partial charge on any atom is -0.496 e. The molecule has 0 saturated carbocycles. The minimum atomic E-state index is -0.352. The standard InChI is InChI=1S/C32H54N2O3/c1-8-11-12-13-14-15-16-17-18-19-21-32(6)22-20-27-28(31(35)33-23-24-34(9-2)10-3)30(36-7)26(5)25(4)29(27)37-32/h20,22H,8-19,21,23-24H2,1-7H3,(H,33,35). The molecule has 0 spiro atoms. The maximum atomic E-state index is 13.4. The van der Waals surface area contributed by atoms with Gasteiger partial charge in [0.15, 0.2) is 0 Å². The van der Waals surface area contributed by atoms with Crippen molar-refractivity contribution >= 4 is 12.0 Å². The summed E-state index contributed by atoms with van der Waals surface area (Å²) in [5.41, 5.74) is 3.07. The van der Waals surface area contributed by atoms with Crippen LogP contribution < -0.4 is 14.8 Å². The number of fused-ring (bicyclic) bond motifs is 1. The molecule has 1 aromatic rings. The number of benzene rings is 1. The summed E-state index contributed by atoms with van der Waals surface area (Å²) in [6.07, 6.45) is 18.5. The summed E-state index contributed by atoms with van der Waals surface area (Å²) in [5.74, 6) is 1.36. The van der Waals surface area contributed by atoms with Crippen molar-refractivity contribution in [3.05, 3.63) is 28.3 Å². The summed E-state index contributed by atoms with van der Waals surface area (Å²) in [7, 11) is 1.64. The fourth-order valence-corrected chi connectivity index (χ4v) is 5.32. The van der Waals surface area contributed by atoms with Crippen LogP contribution in [0.1, 0.15) is 125 Å². The van der Waals surface area contributed by atoms with Crippen LogP contribution >= 0.6 is 0 Å². The van der Waals surface area contributed by atoms with E-state index in [2.05, 4.69) is 57.0 Å². The largest absolute Gasteiger partial charge is 0.496 e. The third-order valence-electron chi connectivity index (χ3n) is 7.99. The van der Waals surface area contributed by atoms with Gasteiger partial charge >= 0.3 is 0 Å². The summed E-state index contributed by atoms with van der Waals surface area (Å²) in [4.78, 5) is 15.7. The molecule has 1 aromatic carbocycles. The van der Waals surface area contributed by atoms with Crippen molar-refractivity contribution in [3.63, 3.8) is 0 Å². The van der Waals surface area contributed by atoms with Gasteiger partial charge in [-0.3, -0.25) is 4.79 Å². The van der Waals surface area contributed by atoms with Crippen molar-refractivity contribution in [2.45, 2.75) is 118 Å². The van der Waals surface area contributed by atoms with Crippen molar-refractivity contribution < 1.29 is 14.3 Å². The number of likely N-dealkylation sites (N-methyl/N-ethyl adjacent to an activating group) is 1. The van der Waals surface area contributed by atoms with Gasteiger partial charge in [0.25, 0.3) is 5.91 Å². The normalized spacial score (nSPS) is 16.5. The molecule has 1 unspecified atom stereocenters. The average Bonchev–Trinajstić information content (AvgIpc) is 2.89. The first-order chi connectivity index (χ1) is 17.8. The molecule has 0 fully saturated rings. The van der Waals surface area contributed by atoms with E-state index in [-0.39, 0.29) is 11.5 Å². The number of nitrogens with zero attached hydrogens (tertiary/aromatic N) is 1. The second kappa shape index (κ2) is 16.1. The molecule has 0 bridgehead atoms. The molecule has 0 radical (unpaired) electrons. The molecule has 0 saturated heterocycles. The Kier molecular flexibility index (Phi) is 13.5. The topological polar surface area (TPSA) is 50.8 Å². The molecule has 1 aliphatic rings. The van der Waals surface area contributed by atoms with E-state index in [0.29, 0.717) is 17.9 Å². The lowest BCUT2D eigenvalue weighted by Crippen LogP contribution is -2.36. The van der Waals surface area contributed by atoms with Gasteiger partial charge in [-0.25, -0.2) is 0 Å². The number of hydrogen-bond acceptors (Lipinski definition) is 4. The lowest BCUT2D eigenvalue weighted by molar-refractivity contribution is 0.0940. The highest BCUT2D eigenvalue weighted by atomic mass is 16.5. The number of carbonyl (C=O) groups is 1. The van der Waals surface area contributed by atoms with Crippen LogP contribution in [0, 0.1) is 13.8 Å². The molecule has 0 aromatic heterocycles. The molecular weight excluding hydrogens is 460 g/mol. The van der Waals surface area contributed by atoms with Crippen LogP contribution in [0.3, 0.4) is 0 Å². The molecule has 5 nitrogen and oxygen atoms in total. The van der Waals surface area contributed by atoms with Gasteiger partial charge in [0, 0.05) is 18.7 Å². The summed E-state index contributed by atoms with van der Waals surface area (Å²) >= 11 is 0. The SMILES string of the molecule is CCCCCCCCCCCCC1(C)C=Cc2c(c(C)c(C)c(OC)c2C(=O)NCCN(CC)CC)O1. The van der Waals surface area contributed by atoms with E-state index in [1.807, 2.05) is 6.92 Å². The van der Waals surface area contributed by atoms with Gasteiger partial charge in [-0.15, -0.1) is 0 Å². The van der Waals surface area contributed by atoms with E-state index in [4.69, 9.17) is 9.47 Å². The Morgan fingerprint density at radius 1 is 0.946 bits per heavy atom. The Labute approximate surface area is 227 Å². The van der Waals surface area contributed by atoms with Gasteiger partial charge in [-0.1, -0.05) is 84.6 Å². The van der Waals surface area contributed by atoms with Crippen molar-refractivity contribution in [1.82, 2.24) is 10.2 Å². The molecule has 1 heterocycles. The molecule has 1 atom stereocenters. The Morgan fingerprint density at radius 2 is 1.54 bits per heavy atom. The number of methoxy groups -OCH3 is 1. The van der Waals surface area contributed by atoms with Crippen LogP contribution in [0.15, 0.2) is 6.08 Å². The first-order valence-corrected chi connectivity index (χ1v) is 14.9. The Bertz CT molecular complexity index is 876. The average molecular weight is 515 g/mol. The molecule has 210 valence electrons. The minimum absolute atomic E-state index is 0.102. The van der Waals surface area contributed by atoms with Crippen molar-refractivity contribution in [3.8, 4) is 11.5 Å². The van der Waals surface area contributed by atoms with Crippen molar-refractivity contribution in [2.24, 2.45) is 0 Å². The smallest absolute Gasteiger partial charge is 0.255 e. The van der Waals surface area contributed by atoms with Crippen LogP contribution in [-0.2, 0) is 0 Å². The van der Waals surface area contributed by atoms with E-state index in [9.17, 15) is 4.79 Å². The molecule has 0 aliphatic carbocycles. The van der Waals surface area contributed by atoms with Gasteiger partial charge in [-0.05, 0) is 63.9 Å². The van der Waals surface area contributed by atoms with E-state index in [1.165, 1.54) is 57.8 Å². The van der Waals surface area contributed by atoms with Crippen molar-refractivity contribution in [1.29, 1.82) is 0 Å². The van der Waals surface area contributed by atoms with E-state index < -0.39 is 0 Å². The summed E-state index contributed by atoms with van der Waals surface area (Å²) in [6, 6.07) is 0. The van der Waals surface area contributed by atoms with Gasteiger partial charge in [0.1, 0.15) is 17.1 Å². The van der Waals surface area contributed by atoms with Gasteiger partial charge in [0.05, 0.1) is 12.7 Å². The van der Waals surface area contributed by atoms with Crippen LogP contribution in [0.4, 0.5) is 0 Å². The molecule has 2 rings (SSSR count). The first-order valence-electron chi connectivity index (χ1n) is 14.9. The van der Waals surface area contributed by atoms with E-state index in [0.717, 1.165) is 54.9 Å². The lowest BCUT2D eigenvalue weighted by atomic mass is 9.89. The highest BCUT2D eigenvalue weighted by Gasteiger charge is 2.33. The Morgan fingerprint density at radius 3 is 2.11 bits per heavy atom. The Balaban J connectivity index is 2.01. The molecule has 1 N–H and O–H groups in total. The summed E-state index contributed by atoms with van der Waals surface area (Å²) < 4.78 is 12.4. The van der Waals surface area contributed by atoms with Gasteiger partial charge < -0.3 is 19.7 Å². The number of unbranched alkanes of at least 4 members (excludes halogenated alkanes) is 9. The number of amides is 1. The van der Waals surface area contributed by atoms with Gasteiger partial charge in [0.2, 0.25) is 0 Å². The Hall–Kier alpha value is -2.01. The van der Waals surface area contributed by atoms with Crippen LogP contribution in [0.5, 0.6) is 11.5 Å². The third kappa shape index (κ3) is 9.05. The third-order valence-corrected chi connectivity index (χ3v) is 7.99. The number of rotatable bonds is 18. The number of hydrogen-bond donors (Lipinski definition) is 1. The highest BCUT2D eigenvalue weighted by molar-refractivity contribution is 6.02. The molecule has 5 heteroatoms. The quantitative estimate of drug-likeness (QED) is 0.203. The van der Waals surface area contributed by atoms with E-state index >= 15 is 0 Å². The van der Waals surface area contributed by atoms with E-state index in [1.54, 1.807) is 7.11 Å². The maximum Gasteiger partial charge on any atom is 0.255 e. The lowest BCUT2D eigenvalue weighted by Gasteiger charge is -2.34.